The molecule has 4 atom stereocenters. The third-order valence-electron chi connectivity index (χ3n) is 9.33. The number of rotatable bonds is 7. The predicted molar refractivity (Wildman–Crippen MR) is 164 cm³/mol. The first-order chi connectivity index (χ1) is 21.8. The van der Waals surface area contributed by atoms with Gasteiger partial charge in [-0.15, -0.1) is 11.3 Å². The molecule has 1 saturated carbocycles. The van der Waals surface area contributed by atoms with Crippen LogP contribution < -0.4 is 9.47 Å². The fourth-order valence-electron chi connectivity index (χ4n) is 7.08. The van der Waals surface area contributed by atoms with Gasteiger partial charge in [0.05, 0.1) is 52.4 Å². The van der Waals surface area contributed by atoms with Gasteiger partial charge in [-0.05, 0) is 73.7 Å². The highest BCUT2D eigenvalue weighted by Gasteiger charge is 2.52. The van der Waals surface area contributed by atoms with Gasteiger partial charge in [0.2, 0.25) is 0 Å². The van der Waals surface area contributed by atoms with Gasteiger partial charge in [-0.25, -0.2) is 14.2 Å². The van der Waals surface area contributed by atoms with Crippen LogP contribution in [-0.2, 0) is 18.9 Å². The molecule has 2 aromatic heterocycles. The molecular weight excluding hydrogens is 593 g/mol. The Balaban J connectivity index is 1.04. The minimum atomic E-state index is -1.34. The first-order valence-corrected chi connectivity index (χ1v) is 15.7. The minimum Gasteiger partial charge on any atom is -0.478 e. The minimum absolute atomic E-state index is 0.238. The maximum atomic E-state index is 15.0. The van der Waals surface area contributed by atoms with Crippen molar-refractivity contribution in [1.82, 2.24) is 19.4 Å². The Kier molecular flexibility index (Phi) is 6.41. The van der Waals surface area contributed by atoms with Crippen LogP contribution in [0, 0.1) is 23.1 Å². The lowest BCUT2D eigenvalue weighted by Gasteiger charge is -2.32. The summed E-state index contributed by atoms with van der Waals surface area (Å²) in [6.07, 6.45) is 3.81. The molecule has 226 valence electrons. The normalized spacial score (nSPS) is 23.5. The molecule has 8 rings (SSSR count). The Morgan fingerprint density at radius 1 is 1.20 bits per heavy atom. The number of benzene rings is 3. The zero-order chi connectivity index (χ0) is 30.9. The summed E-state index contributed by atoms with van der Waals surface area (Å²) in [6.45, 7) is 3.81. The lowest BCUT2D eigenvalue weighted by Crippen LogP contribution is -2.35. The van der Waals surface area contributed by atoms with Crippen molar-refractivity contribution in [2.24, 2.45) is 5.92 Å². The number of halogens is 1. The van der Waals surface area contributed by atoms with E-state index >= 15 is 4.39 Å². The number of fused-ring (bicyclic) bond motifs is 3. The summed E-state index contributed by atoms with van der Waals surface area (Å²) in [5, 5.41) is 18.8. The largest absolute Gasteiger partial charge is 0.478 e. The number of nitrogens with zero attached hydrogens (tertiary/aromatic N) is 5. The molecule has 1 aliphatic carbocycles. The van der Waals surface area contributed by atoms with E-state index in [1.807, 2.05) is 24.4 Å². The number of imidazole rings is 1. The van der Waals surface area contributed by atoms with Gasteiger partial charge >= 0.3 is 5.97 Å². The molecule has 0 bridgehead atoms. The standard InChI is InChI=1S/C34H28FN5O4S/c1-34(25-7-5-19(14-36)11-26(25)35)43-30-4-2-3-23(32(30)44-34)22-9-10-39(28-13-24(22)28)17-31-38-27-8-6-20(33(41)42)12-29(27)40(31)16-21-15-37-18-45-21/h2-8,11-12,15,18,22,24,28H,9-10,13,16-17H2,1H3,(H,41,42)/t22-,24+,28+,34+/m1/s1. The number of piperidine rings is 1. The molecule has 45 heavy (non-hydrogen) atoms. The van der Waals surface area contributed by atoms with E-state index in [0.29, 0.717) is 36.5 Å². The molecule has 3 aliphatic rings. The van der Waals surface area contributed by atoms with E-state index in [2.05, 4.69) is 20.5 Å². The number of aromatic nitrogens is 3. The van der Waals surface area contributed by atoms with E-state index < -0.39 is 17.6 Å². The number of thiazole rings is 1. The highest BCUT2D eigenvalue weighted by atomic mass is 32.1. The van der Waals surface area contributed by atoms with Crippen LogP contribution >= 0.6 is 11.3 Å². The molecule has 0 spiro atoms. The van der Waals surface area contributed by atoms with Gasteiger partial charge in [-0.3, -0.25) is 9.88 Å². The second-order valence-corrected chi connectivity index (χ2v) is 13.0. The Bertz CT molecular complexity index is 2020. The SMILES string of the molecule is C[C@]1(c2ccc(C#N)cc2F)Oc2cccc([C@H]3CCN(Cc4nc5ccc(C(=O)O)cc5n4Cc4cncs4)[C@H]4C[C@@H]34)c2O1. The highest BCUT2D eigenvalue weighted by molar-refractivity contribution is 7.09. The van der Waals surface area contributed by atoms with Crippen molar-refractivity contribution in [3.05, 3.63) is 105 Å². The summed E-state index contributed by atoms with van der Waals surface area (Å²) in [5.41, 5.74) is 5.19. The van der Waals surface area contributed by atoms with Crippen LogP contribution in [-0.4, -0.2) is 43.1 Å². The third-order valence-corrected chi connectivity index (χ3v) is 10.1. The number of aromatic carboxylic acids is 1. The summed E-state index contributed by atoms with van der Waals surface area (Å²) in [7, 11) is 0. The van der Waals surface area contributed by atoms with Crippen molar-refractivity contribution >= 4 is 28.3 Å². The number of carboxylic acid groups (broad SMARTS) is 1. The third kappa shape index (κ3) is 4.72. The number of carbonyl (C=O) groups is 1. The molecule has 0 unspecified atom stereocenters. The van der Waals surface area contributed by atoms with E-state index in [0.717, 1.165) is 46.7 Å². The first kappa shape index (κ1) is 27.7. The van der Waals surface area contributed by atoms with Crippen LogP contribution in [0.1, 0.15) is 63.4 Å². The van der Waals surface area contributed by atoms with Gasteiger partial charge in [-0.1, -0.05) is 12.1 Å². The van der Waals surface area contributed by atoms with Crippen LogP contribution in [0.3, 0.4) is 0 Å². The van der Waals surface area contributed by atoms with E-state index in [4.69, 9.17) is 19.7 Å². The Morgan fingerprint density at radius 3 is 2.87 bits per heavy atom. The number of ether oxygens (including phenoxy) is 2. The van der Waals surface area contributed by atoms with Gasteiger partial charge in [0.15, 0.2) is 11.5 Å². The average molecular weight is 622 g/mol. The maximum Gasteiger partial charge on any atom is 0.335 e. The Hall–Kier alpha value is -4.79. The zero-order valence-corrected chi connectivity index (χ0v) is 25.1. The summed E-state index contributed by atoms with van der Waals surface area (Å²) in [6, 6.07) is 17.7. The van der Waals surface area contributed by atoms with E-state index in [1.54, 1.807) is 54.1 Å². The quantitative estimate of drug-likeness (QED) is 0.226. The lowest BCUT2D eigenvalue weighted by atomic mass is 9.87. The number of hydrogen-bond donors (Lipinski definition) is 1. The van der Waals surface area contributed by atoms with Crippen molar-refractivity contribution in [1.29, 1.82) is 5.26 Å². The molecule has 0 radical (unpaired) electrons. The Labute approximate surface area is 262 Å². The molecule has 2 aliphatic heterocycles. The smallest absolute Gasteiger partial charge is 0.335 e. The number of nitriles is 1. The molecule has 2 fully saturated rings. The summed E-state index contributed by atoms with van der Waals surface area (Å²) < 4.78 is 29.8. The average Bonchev–Trinajstić information content (AvgIpc) is 3.34. The molecule has 1 N–H and O–H groups in total. The Morgan fingerprint density at radius 2 is 2.09 bits per heavy atom. The molecule has 11 heteroatoms. The van der Waals surface area contributed by atoms with Crippen molar-refractivity contribution in [3.63, 3.8) is 0 Å². The zero-order valence-electron chi connectivity index (χ0n) is 24.3. The van der Waals surface area contributed by atoms with Crippen LogP contribution in [0.15, 0.2) is 66.3 Å². The highest BCUT2D eigenvalue weighted by Crippen LogP contribution is 2.57. The molecule has 3 aromatic carbocycles. The van der Waals surface area contributed by atoms with Crippen molar-refractivity contribution in [3.8, 4) is 17.6 Å². The molecule has 4 heterocycles. The summed E-state index contributed by atoms with van der Waals surface area (Å²) >= 11 is 1.57. The summed E-state index contributed by atoms with van der Waals surface area (Å²) in [4.78, 5) is 24.5. The fourth-order valence-corrected chi connectivity index (χ4v) is 7.67. The van der Waals surface area contributed by atoms with Crippen molar-refractivity contribution in [2.75, 3.05) is 6.54 Å². The number of hydrogen-bond acceptors (Lipinski definition) is 8. The second-order valence-electron chi connectivity index (χ2n) is 12.1. The van der Waals surface area contributed by atoms with E-state index in [1.165, 1.54) is 6.07 Å². The van der Waals surface area contributed by atoms with Crippen molar-refractivity contribution < 1.29 is 23.8 Å². The monoisotopic (exact) mass is 621 g/mol. The number of likely N-dealkylation sites (tertiary alicyclic amines) is 1. The molecule has 9 nitrogen and oxygen atoms in total. The second kappa shape index (κ2) is 10.4. The van der Waals surface area contributed by atoms with Gasteiger partial charge in [0, 0.05) is 29.6 Å². The van der Waals surface area contributed by atoms with Crippen molar-refractivity contribution in [2.45, 2.75) is 50.6 Å². The lowest BCUT2D eigenvalue weighted by molar-refractivity contribution is -0.0712. The molecule has 1 saturated heterocycles. The van der Waals surface area contributed by atoms with Gasteiger partial charge < -0.3 is 19.1 Å². The first-order valence-electron chi connectivity index (χ1n) is 14.9. The number of carboxylic acids is 1. The summed E-state index contributed by atoms with van der Waals surface area (Å²) in [5.74, 6) is 0.0278. The van der Waals surface area contributed by atoms with Gasteiger partial charge in [0.1, 0.15) is 11.6 Å². The number of para-hydroxylation sites is 1. The van der Waals surface area contributed by atoms with E-state index in [-0.39, 0.29) is 22.6 Å². The van der Waals surface area contributed by atoms with Crippen LogP contribution in [0.2, 0.25) is 0 Å². The maximum absolute atomic E-state index is 15.0. The van der Waals surface area contributed by atoms with Crippen LogP contribution in [0.5, 0.6) is 11.5 Å². The topological polar surface area (TPSA) is 114 Å². The molecule has 5 aromatic rings. The molecular formula is C34H28FN5O4S. The van der Waals surface area contributed by atoms with Gasteiger partial charge in [0.25, 0.3) is 5.79 Å². The molecule has 0 amide bonds. The van der Waals surface area contributed by atoms with Gasteiger partial charge in [-0.2, -0.15) is 5.26 Å². The van der Waals surface area contributed by atoms with E-state index in [9.17, 15) is 9.90 Å². The van der Waals surface area contributed by atoms with Crippen LogP contribution in [0.4, 0.5) is 4.39 Å². The van der Waals surface area contributed by atoms with Crippen LogP contribution in [0.25, 0.3) is 11.0 Å². The predicted octanol–water partition coefficient (Wildman–Crippen LogP) is 6.27. The fraction of sp³-hybridized carbons (Fsp3) is 0.294.